The van der Waals surface area contributed by atoms with E-state index in [1.165, 1.54) is 0 Å². The number of terminal acetylenes is 1. The molecule has 1 fully saturated rings. The predicted octanol–water partition coefficient (Wildman–Crippen LogP) is 2.23. The van der Waals surface area contributed by atoms with Gasteiger partial charge in [-0.25, -0.2) is 4.79 Å². The van der Waals surface area contributed by atoms with Gasteiger partial charge in [-0.05, 0) is 31.5 Å². The minimum absolute atomic E-state index is 0.133. The molecule has 3 nitrogen and oxygen atoms in total. The Balaban J connectivity index is 2.31. The summed E-state index contributed by atoms with van der Waals surface area (Å²) in [6, 6.07) is 7.41. The first-order valence-electron chi connectivity index (χ1n) is 5.09. The van der Waals surface area contributed by atoms with Crippen molar-refractivity contribution in [1.29, 1.82) is 0 Å². The molecule has 0 unspecified atom stereocenters. The van der Waals surface area contributed by atoms with Crippen LogP contribution in [0.1, 0.15) is 31.0 Å². The van der Waals surface area contributed by atoms with Crippen LogP contribution < -0.4 is 5.32 Å². The first kappa shape index (κ1) is 10.6. The molecule has 3 heteroatoms. The number of benzene rings is 1. The van der Waals surface area contributed by atoms with Gasteiger partial charge in [0, 0.05) is 5.56 Å². The third-order valence-corrected chi connectivity index (χ3v) is 2.72. The highest BCUT2D eigenvalue weighted by atomic mass is 16.6. The molecule has 0 aliphatic carbocycles. The van der Waals surface area contributed by atoms with E-state index in [-0.39, 0.29) is 12.1 Å². The van der Waals surface area contributed by atoms with Crippen LogP contribution >= 0.6 is 0 Å². The minimum atomic E-state index is -0.533. The van der Waals surface area contributed by atoms with Crippen LogP contribution in [0.15, 0.2) is 24.3 Å². The van der Waals surface area contributed by atoms with E-state index >= 15 is 0 Å². The lowest BCUT2D eigenvalue weighted by atomic mass is 9.92. The van der Waals surface area contributed by atoms with E-state index in [2.05, 4.69) is 11.2 Å². The zero-order valence-corrected chi connectivity index (χ0v) is 9.28. The first-order valence-corrected chi connectivity index (χ1v) is 5.09. The quantitative estimate of drug-likeness (QED) is 0.729. The molecule has 16 heavy (non-hydrogen) atoms. The molecule has 0 radical (unpaired) electrons. The maximum atomic E-state index is 11.2. The number of carbonyl (C=O) groups excluding carboxylic acids is 1. The van der Waals surface area contributed by atoms with Crippen molar-refractivity contribution < 1.29 is 9.53 Å². The molecule has 1 heterocycles. The smallest absolute Gasteiger partial charge is 0.408 e. The molecular formula is C13H13NO2. The van der Waals surface area contributed by atoms with Crippen LogP contribution in [0, 0.1) is 12.3 Å². The first-order chi connectivity index (χ1) is 7.53. The molecule has 1 amide bonds. The zero-order valence-electron chi connectivity index (χ0n) is 9.28. The van der Waals surface area contributed by atoms with Crippen LogP contribution in [0.4, 0.5) is 4.79 Å². The van der Waals surface area contributed by atoms with E-state index in [0.29, 0.717) is 0 Å². The summed E-state index contributed by atoms with van der Waals surface area (Å²) in [6.07, 6.45) is 4.91. The number of amides is 1. The van der Waals surface area contributed by atoms with Crippen LogP contribution in [0.5, 0.6) is 0 Å². The van der Waals surface area contributed by atoms with Crippen LogP contribution in [-0.4, -0.2) is 11.7 Å². The molecule has 1 aliphatic heterocycles. The summed E-state index contributed by atoms with van der Waals surface area (Å²) in [5, 5.41) is 2.79. The summed E-state index contributed by atoms with van der Waals surface area (Å²) < 4.78 is 5.18. The lowest BCUT2D eigenvalue weighted by molar-refractivity contribution is 0.0684. The molecule has 82 valence electrons. The Morgan fingerprint density at radius 3 is 2.44 bits per heavy atom. The van der Waals surface area contributed by atoms with E-state index in [0.717, 1.165) is 11.1 Å². The Morgan fingerprint density at radius 2 is 2.00 bits per heavy atom. The molecule has 1 atom stereocenters. The summed E-state index contributed by atoms with van der Waals surface area (Å²) in [6.45, 7) is 3.76. The molecule has 1 N–H and O–H groups in total. The van der Waals surface area contributed by atoms with Crippen LogP contribution in [0.25, 0.3) is 0 Å². The van der Waals surface area contributed by atoms with Crippen molar-refractivity contribution in [3.05, 3.63) is 35.4 Å². The van der Waals surface area contributed by atoms with Crippen LogP contribution in [0.2, 0.25) is 0 Å². The molecular weight excluding hydrogens is 202 g/mol. The Kier molecular flexibility index (Phi) is 2.35. The van der Waals surface area contributed by atoms with Gasteiger partial charge in [-0.1, -0.05) is 18.1 Å². The van der Waals surface area contributed by atoms with Crippen molar-refractivity contribution in [3.63, 3.8) is 0 Å². The van der Waals surface area contributed by atoms with Crippen molar-refractivity contribution in [2.24, 2.45) is 0 Å². The fourth-order valence-corrected chi connectivity index (χ4v) is 1.88. The van der Waals surface area contributed by atoms with Crippen LogP contribution in [0.3, 0.4) is 0 Å². The second-order valence-electron chi connectivity index (χ2n) is 4.34. The highest BCUT2D eigenvalue weighted by Gasteiger charge is 2.42. The van der Waals surface area contributed by atoms with Crippen molar-refractivity contribution in [2.45, 2.75) is 25.5 Å². The number of carbonyl (C=O) groups is 1. The van der Waals surface area contributed by atoms with Gasteiger partial charge in [0.05, 0.1) is 6.04 Å². The summed E-state index contributed by atoms with van der Waals surface area (Å²) in [7, 11) is 0. The van der Waals surface area contributed by atoms with Gasteiger partial charge >= 0.3 is 6.09 Å². The highest BCUT2D eigenvalue weighted by molar-refractivity contribution is 5.71. The van der Waals surface area contributed by atoms with Crippen molar-refractivity contribution in [2.75, 3.05) is 0 Å². The van der Waals surface area contributed by atoms with E-state index in [4.69, 9.17) is 11.2 Å². The number of alkyl carbamates (subject to hydrolysis) is 1. The topological polar surface area (TPSA) is 38.3 Å². The zero-order chi connectivity index (χ0) is 11.8. The number of nitrogens with one attached hydrogen (secondary N) is 1. The monoisotopic (exact) mass is 215 g/mol. The standard InChI is InChI=1S/C13H13NO2/c1-4-9-5-7-10(8-6-9)11-13(2,3)16-12(15)14-11/h1,5-8,11H,2-3H3,(H,14,15)/t11-/m0/s1. The normalized spacial score (nSPS) is 22.1. The number of rotatable bonds is 1. The van der Waals surface area contributed by atoms with Crippen molar-refractivity contribution in [1.82, 2.24) is 5.32 Å². The third kappa shape index (κ3) is 1.74. The predicted molar refractivity (Wildman–Crippen MR) is 60.8 cm³/mol. The molecule has 1 saturated heterocycles. The molecule has 0 bridgehead atoms. The fraction of sp³-hybridized carbons (Fsp3) is 0.308. The van der Waals surface area contributed by atoms with Gasteiger partial charge in [0.1, 0.15) is 5.60 Å². The second-order valence-corrected chi connectivity index (χ2v) is 4.34. The average molecular weight is 215 g/mol. The van der Waals surface area contributed by atoms with Gasteiger partial charge in [0.15, 0.2) is 0 Å². The SMILES string of the molecule is C#Cc1ccc([C@@H]2NC(=O)OC2(C)C)cc1. The molecule has 0 saturated carbocycles. The molecule has 0 aromatic heterocycles. The van der Waals surface area contributed by atoms with Gasteiger partial charge in [-0.2, -0.15) is 0 Å². The van der Waals surface area contributed by atoms with E-state index in [1.54, 1.807) is 0 Å². The number of hydrogen-bond acceptors (Lipinski definition) is 2. The number of hydrogen-bond donors (Lipinski definition) is 1. The molecule has 1 aromatic carbocycles. The van der Waals surface area contributed by atoms with Gasteiger partial charge in [-0.3, -0.25) is 0 Å². The van der Waals surface area contributed by atoms with E-state index in [9.17, 15) is 4.79 Å². The van der Waals surface area contributed by atoms with Gasteiger partial charge < -0.3 is 10.1 Å². The highest BCUT2D eigenvalue weighted by Crippen LogP contribution is 2.33. The molecule has 1 aromatic rings. The Morgan fingerprint density at radius 1 is 1.38 bits per heavy atom. The van der Waals surface area contributed by atoms with E-state index in [1.807, 2.05) is 38.1 Å². The Bertz CT molecular complexity index is 454. The molecule has 1 aliphatic rings. The average Bonchev–Trinajstić information content (AvgIpc) is 2.52. The Labute approximate surface area is 94.8 Å². The molecule has 2 rings (SSSR count). The summed E-state index contributed by atoms with van der Waals surface area (Å²) in [4.78, 5) is 11.2. The maximum absolute atomic E-state index is 11.2. The molecule has 0 spiro atoms. The summed E-state index contributed by atoms with van der Waals surface area (Å²) in [5.74, 6) is 2.56. The van der Waals surface area contributed by atoms with Crippen molar-refractivity contribution in [3.8, 4) is 12.3 Å². The number of ether oxygens (including phenoxy) is 1. The lowest BCUT2D eigenvalue weighted by Crippen LogP contribution is -2.30. The van der Waals surface area contributed by atoms with Gasteiger partial charge in [-0.15, -0.1) is 6.42 Å². The Hall–Kier alpha value is -1.95. The number of cyclic esters (lactones) is 1. The second kappa shape index (κ2) is 3.57. The van der Waals surface area contributed by atoms with Gasteiger partial charge in [0.2, 0.25) is 0 Å². The van der Waals surface area contributed by atoms with Crippen molar-refractivity contribution >= 4 is 6.09 Å². The lowest BCUT2D eigenvalue weighted by Gasteiger charge is -2.23. The maximum Gasteiger partial charge on any atom is 0.408 e. The third-order valence-electron chi connectivity index (χ3n) is 2.72. The largest absolute Gasteiger partial charge is 0.441 e. The fourth-order valence-electron chi connectivity index (χ4n) is 1.88. The van der Waals surface area contributed by atoms with E-state index < -0.39 is 5.60 Å². The summed E-state index contributed by atoms with van der Waals surface area (Å²) in [5.41, 5.74) is 1.29. The van der Waals surface area contributed by atoms with Crippen LogP contribution in [-0.2, 0) is 4.74 Å². The summed E-state index contributed by atoms with van der Waals surface area (Å²) >= 11 is 0. The minimum Gasteiger partial charge on any atom is -0.441 e. The van der Waals surface area contributed by atoms with Gasteiger partial charge in [0.25, 0.3) is 0 Å².